The van der Waals surface area contributed by atoms with Crippen LogP contribution in [0.1, 0.15) is 18.9 Å². The van der Waals surface area contributed by atoms with E-state index in [1.165, 1.54) is 0 Å². The number of aryl methyl sites for hydroxylation is 1. The number of nitrogens with zero attached hydrogens (tertiary/aromatic N) is 4. The zero-order chi connectivity index (χ0) is 21.8. The summed E-state index contributed by atoms with van der Waals surface area (Å²) in [4.78, 5) is 26.7. The first-order valence-corrected chi connectivity index (χ1v) is 10.5. The predicted molar refractivity (Wildman–Crippen MR) is 122 cm³/mol. The fourth-order valence-electron chi connectivity index (χ4n) is 3.99. The van der Waals surface area contributed by atoms with Crippen molar-refractivity contribution >= 4 is 16.7 Å². The number of fused-ring (bicyclic) bond motifs is 1. The first kappa shape index (κ1) is 20.9. The van der Waals surface area contributed by atoms with Crippen LogP contribution >= 0.6 is 0 Å². The summed E-state index contributed by atoms with van der Waals surface area (Å²) in [5.41, 5.74) is 1.74. The van der Waals surface area contributed by atoms with Gasteiger partial charge in [0.15, 0.2) is 0 Å². The molecule has 1 aromatic carbocycles. The summed E-state index contributed by atoms with van der Waals surface area (Å²) in [7, 11) is 1.61. The average Bonchev–Trinajstić information content (AvgIpc) is 2.82. The highest BCUT2D eigenvalue weighted by Crippen LogP contribution is 2.30. The van der Waals surface area contributed by atoms with Gasteiger partial charge in [0.25, 0.3) is 0 Å². The van der Waals surface area contributed by atoms with Crippen LogP contribution in [0.5, 0.6) is 5.75 Å². The maximum Gasteiger partial charge on any atom is 0.347 e. The summed E-state index contributed by atoms with van der Waals surface area (Å²) < 4.78 is 11.1. The number of aromatic nitrogens is 2. The third-order valence-electron chi connectivity index (χ3n) is 5.67. The zero-order valence-electron chi connectivity index (χ0n) is 17.9. The minimum Gasteiger partial charge on any atom is -0.497 e. The Balaban J connectivity index is 1.71. The van der Waals surface area contributed by atoms with Crippen LogP contribution in [0, 0.1) is 12.3 Å². The van der Waals surface area contributed by atoms with E-state index >= 15 is 0 Å². The number of anilines is 1. The molecule has 3 heterocycles. The Morgan fingerprint density at radius 3 is 2.77 bits per heavy atom. The molecule has 7 heteroatoms. The lowest BCUT2D eigenvalue weighted by atomic mass is 10.1. The van der Waals surface area contributed by atoms with Crippen LogP contribution in [0.4, 0.5) is 5.82 Å². The highest BCUT2D eigenvalue weighted by atomic mass is 16.5. The van der Waals surface area contributed by atoms with Crippen molar-refractivity contribution in [2.75, 3.05) is 44.7 Å². The third-order valence-corrected chi connectivity index (χ3v) is 5.67. The number of rotatable bonds is 6. The van der Waals surface area contributed by atoms with Gasteiger partial charge in [0, 0.05) is 51.4 Å². The Morgan fingerprint density at radius 2 is 2.06 bits per heavy atom. The standard InChI is InChI=1S/C24H26N4O3/c1-4-6-10-27-11-13-28(14-12-27)22-19(8-7-9-25-22)23-26-20-16-18(30-3)15-17(5-2)21(20)24(29)31-23/h1,7-9,15-16H,5-6,10-14H2,2-3H3. The van der Waals surface area contributed by atoms with Crippen LogP contribution in [0.3, 0.4) is 0 Å². The molecule has 1 fully saturated rings. The molecule has 0 amide bonds. The number of methoxy groups -OCH3 is 1. The molecule has 0 N–H and O–H groups in total. The SMILES string of the molecule is C#CCCN1CCN(c2ncccc2-c2nc3cc(OC)cc(CC)c3c(=O)o2)CC1. The summed E-state index contributed by atoms with van der Waals surface area (Å²) in [5.74, 6) is 4.41. The van der Waals surface area contributed by atoms with E-state index in [1.807, 2.05) is 25.1 Å². The molecule has 0 bridgehead atoms. The summed E-state index contributed by atoms with van der Waals surface area (Å²) >= 11 is 0. The Labute approximate surface area is 181 Å². The van der Waals surface area contributed by atoms with E-state index in [9.17, 15) is 4.79 Å². The Morgan fingerprint density at radius 1 is 1.26 bits per heavy atom. The highest BCUT2D eigenvalue weighted by molar-refractivity contribution is 5.84. The summed E-state index contributed by atoms with van der Waals surface area (Å²) in [6, 6.07) is 7.35. The van der Waals surface area contributed by atoms with Crippen LogP contribution in [0.15, 0.2) is 39.7 Å². The van der Waals surface area contributed by atoms with Gasteiger partial charge in [-0.15, -0.1) is 12.3 Å². The van der Waals surface area contributed by atoms with E-state index in [4.69, 9.17) is 15.6 Å². The fourth-order valence-corrected chi connectivity index (χ4v) is 3.99. The molecule has 0 spiro atoms. The van der Waals surface area contributed by atoms with Gasteiger partial charge >= 0.3 is 5.63 Å². The van der Waals surface area contributed by atoms with Gasteiger partial charge in [0.2, 0.25) is 5.89 Å². The maximum absolute atomic E-state index is 12.9. The van der Waals surface area contributed by atoms with Crippen LogP contribution in [-0.4, -0.2) is 54.7 Å². The zero-order valence-corrected chi connectivity index (χ0v) is 17.9. The lowest BCUT2D eigenvalue weighted by Crippen LogP contribution is -2.47. The molecule has 2 aromatic heterocycles. The Hall–Kier alpha value is -3.37. The van der Waals surface area contributed by atoms with Gasteiger partial charge in [-0.1, -0.05) is 6.92 Å². The molecule has 0 radical (unpaired) electrons. The van der Waals surface area contributed by atoms with Crippen molar-refractivity contribution in [2.45, 2.75) is 19.8 Å². The first-order valence-electron chi connectivity index (χ1n) is 10.5. The van der Waals surface area contributed by atoms with Gasteiger partial charge in [-0.3, -0.25) is 4.90 Å². The van der Waals surface area contributed by atoms with Crippen LogP contribution < -0.4 is 15.3 Å². The van der Waals surface area contributed by atoms with Crippen molar-refractivity contribution in [3.8, 4) is 29.5 Å². The van der Waals surface area contributed by atoms with Crippen LogP contribution in [-0.2, 0) is 6.42 Å². The number of hydrogen-bond donors (Lipinski definition) is 0. The molecule has 0 aliphatic carbocycles. The smallest absolute Gasteiger partial charge is 0.347 e. The van der Waals surface area contributed by atoms with Gasteiger partial charge in [0.1, 0.15) is 11.6 Å². The van der Waals surface area contributed by atoms with E-state index in [0.29, 0.717) is 28.6 Å². The molecule has 0 atom stereocenters. The molecule has 1 aliphatic rings. The average molecular weight is 418 g/mol. The molecular weight excluding hydrogens is 392 g/mol. The molecule has 0 unspecified atom stereocenters. The fraction of sp³-hybridized carbons (Fsp3) is 0.375. The number of pyridine rings is 1. The largest absolute Gasteiger partial charge is 0.497 e. The van der Waals surface area contributed by atoms with Gasteiger partial charge in [-0.05, 0) is 30.2 Å². The van der Waals surface area contributed by atoms with Crippen molar-refractivity contribution in [2.24, 2.45) is 0 Å². The van der Waals surface area contributed by atoms with Gasteiger partial charge in [-0.2, -0.15) is 0 Å². The first-order chi connectivity index (χ1) is 15.1. The lowest BCUT2D eigenvalue weighted by Gasteiger charge is -2.35. The van der Waals surface area contributed by atoms with Crippen molar-refractivity contribution in [3.63, 3.8) is 0 Å². The monoisotopic (exact) mass is 418 g/mol. The molecule has 0 saturated carbocycles. The number of hydrogen-bond acceptors (Lipinski definition) is 7. The van der Waals surface area contributed by atoms with Crippen molar-refractivity contribution in [3.05, 3.63) is 46.4 Å². The second kappa shape index (κ2) is 9.19. The summed E-state index contributed by atoms with van der Waals surface area (Å²) in [6.45, 7) is 6.35. The highest BCUT2D eigenvalue weighted by Gasteiger charge is 2.23. The second-order valence-corrected chi connectivity index (χ2v) is 7.50. The quantitative estimate of drug-likeness (QED) is 0.570. The third kappa shape index (κ3) is 4.25. The van der Waals surface area contributed by atoms with E-state index in [2.05, 4.69) is 25.7 Å². The summed E-state index contributed by atoms with van der Waals surface area (Å²) in [5, 5.41) is 0.500. The van der Waals surface area contributed by atoms with Gasteiger partial charge < -0.3 is 14.1 Å². The maximum atomic E-state index is 12.9. The number of terminal acetylenes is 1. The lowest BCUT2D eigenvalue weighted by molar-refractivity contribution is 0.263. The van der Waals surface area contributed by atoms with E-state index in [0.717, 1.165) is 50.5 Å². The second-order valence-electron chi connectivity index (χ2n) is 7.50. The van der Waals surface area contributed by atoms with Gasteiger partial charge in [-0.25, -0.2) is 14.8 Å². The molecule has 3 aromatic rings. The normalized spacial score (nSPS) is 14.5. The van der Waals surface area contributed by atoms with Crippen molar-refractivity contribution in [1.29, 1.82) is 0 Å². The van der Waals surface area contributed by atoms with E-state index in [-0.39, 0.29) is 5.89 Å². The van der Waals surface area contributed by atoms with E-state index in [1.54, 1.807) is 19.4 Å². The van der Waals surface area contributed by atoms with Crippen LogP contribution in [0.25, 0.3) is 22.4 Å². The topological polar surface area (TPSA) is 71.7 Å². The number of ether oxygens (including phenoxy) is 1. The molecule has 1 saturated heterocycles. The molecule has 7 nitrogen and oxygen atoms in total. The van der Waals surface area contributed by atoms with Crippen molar-refractivity contribution < 1.29 is 9.15 Å². The predicted octanol–water partition coefficient (Wildman–Crippen LogP) is 2.97. The molecule has 4 rings (SSSR count). The molecule has 1 aliphatic heterocycles. The summed E-state index contributed by atoms with van der Waals surface area (Å²) in [6.07, 6.45) is 8.58. The minimum absolute atomic E-state index is 0.269. The Kier molecular flexibility index (Phi) is 6.19. The minimum atomic E-state index is -0.395. The van der Waals surface area contributed by atoms with Crippen molar-refractivity contribution in [1.82, 2.24) is 14.9 Å². The van der Waals surface area contributed by atoms with E-state index < -0.39 is 5.63 Å². The molecule has 31 heavy (non-hydrogen) atoms. The molecular formula is C24H26N4O3. The van der Waals surface area contributed by atoms with Crippen LogP contribution in [0.2, 0.25) is 0 Å². The Bertz CT molecular complexity index is 1170. The number of piperazine rings is 1. The van der Waals surface area contributed by atoms with Gasteiger partial charge in [0.05, 0.1) is 23.6 Å². The molecule has 160 valence electrons. The number of benzene rings is 1.